The van der Waals surface area contributed by atoms with Gasteiger partial charge in [0.15, 0.2) is 0 Å². The van der Waals surface area contributed by atoms with Crippen molar-refractivity contribution in [1.29, 1.82) is 0 Å². The number of nitrogens with zero attached hydrogens (tertiary/aromatic N) is 1. The summed E-state index contributed by atoms with van der Waals surface area (Å²) in [5.41, 5.74) is 0.801. The minimum Gasteiger partial charge on any atom is -0.509 e. The molecule has 1 aromatic rings. The Labute approximate surface area is 80.6 Å². The first-order valence-electron chi connectivity index (χ1n) is 4.21. The van der Waals surface area contributed by atoms with Crippen molar-refractivity contribution in [2.24, 2.45) is 4.99 Å². The highest BCUT2D eigenvalue weighted by atomic mass is 19.1. The van der Waals surface area contributed by atoms with E-state index in [-0.39, 0.29) is 11.6 Å². The summed E-state index contributed by atoms with van der Waals surface area (Å²) >= 11 is 0. The topological polar surface area (TPSA) is 44.6 Å². The van der Waals surface area contributed by atoms with E-state index in [0.29, 0.717) is 12.4 Å². The molecule has 0 radical (unpaired) electrons. The molecule has 1 aliphatic heterocycles. The molecule has 0 saturated heterocycles. The van der Waals surface area contributed by atoms with Gasteiger partial charge in [-0.2, -0.15) is 0 Å². The maximum absolute atomic E-state index is 12.6. The monoisotopic (exact) mass is 192 g/mol. The van der Waals surface area contributed by atoms with Crippen LogP contribution in [0.4, 0.5) is 4.39 Å². The lowest BCUT2D eigenvalue weighted by Crippen LogP contribution is -2.28. The van der Waals surface area contributed by atoms with Crippen LogP contribution >= 0.6 is 0 Å². The van der Waals surface area contributed by atoms with E-state index in [1.54, 1.807) is 12.1 Å². The summed E-state index contributed by atoms with van der Waals surface area (Å²) in [5.74, 6) is 0.558. The van der Waals surface area contributed by atoms with Crippen molar-refractivity contribution < 1.29 is 9.50 Å². The zero-order chi connectivity index (χ0) is 9.97. The number of rotatable bonds is 1. The van der Waals surface area contributed by atoms with Gasteiger partial charge in [0, 0.05) is 5.56 Å². The number of nitrogens with one attached hydrogen (secondary N) is 1. The second-order valence-electron chi connectivity index (χ2n) is 2.96. The van der Waals surface area contributed by atoms with E-state index in [4.69, 9.17) is 5.11 Å². The maximum Gasteiger partial charge on any atom is 0.133 e. The summed E-state index contributed by atoms with van der Waals surface area (Å²) in [6.07, 6.45) is 1.38. The Bertz CT molecular complexity index is 395. The molecule has 0 aromatic heterocycles. The molecule has 72 valence electrons. The third-order valence-corrected chi connectivity index (χ3v) is 1.90. The highest BCUT2D eigenvalue weighted by Gasteiger charge is 2.07. The van der Waals surface area contributed by atoms with E-state index < -0.39 is 0 Å². The number of hydrogen-bond acceptors (Lipinski definition) is 3. The first-order valence-corrected chi connectivity index (χ1v) is 4.21. The molecule has 0 amide bonds. The van der Waals surface area contributed by atoms with Gasteiger partial charge < -0.3 is 10.4 Å². The normalized spacial score (nSPS) is 15.5. The molecule has 3 nitrogen and oxygen atoms in total. The van der Waals surface area contributed by atoms with Crippen molar-refractivity contribution in [3.8, 4) is 0 Å². The molecule has 14 heavy (non-hydrogen) atoms. The average Bonchev–Trinajstić information content (AvgIpc) is 2.21. The van der Waals surface area contributed by atoms with Gasteiger partial charge in [0.25, 0.3) is 0 Å². The predicted octanol–water partition coefficient (Wildman–Crippen LogP) is 1.57. The molecule has 0 saturated carbocycles. The van der Waals surface area contributed by atoms with E-state index >= 15 is 0 Å². The fourth-order valence-electron chi connectivity index (χ4n) is 1.19. The molecule has 0 unspecified atom stereocenters. The summed E-state index contributed by atoms with van der Waals surface area (Å²) in [7, 11) is 0. The van der Waals surface area contributed by atoms with Crippen LogP contribution in [0.15, 0.2) is 41.2 Å². The molecule has 0 aliphatic carbocycles. The lowest BCUT2D eigenvalue weighted by molar-refractivity contribution is 0.394. The van der Waals surface area contributed by atoms with Crippen LogP contribution in [-0.4, -0.2) is 17.5 Å². The van der Waals surface area contributed by atoms with Crippen LogP contribution in [0.1, 0.15) is 5.56 Å². The molecular formula is C10H9FN2O. The highest BCUT2D eigenvalue weighted by Crippen LogP contribution is 2.06. The molecule has 1 aromatic carbocycles. The maximum atomic E-state index is 12.6. The standard InChI is InChI=1S/C10H9FN2O/c11-8-3-1-7(2-4-8)10-12-5-9(14)6-13-10/h1-5,14H,6H2,(H,12,13). The lowest BCUT2D eigenvalue weighted by Gasteiger charge is -2.12. The van der Waals surface area contributed by atoms with Crippen molar-refractivity contribution in [1.82, 2.24) is 5.32 Å². The minimum absolute atomic E-state index is 0.191. The number of aliphatic hydroxyl groups is 1. The third kappa shape index (κ3) is 1.74. The van der Waals surface area contributed by atoms with E-state index in [2.05, 4.69) is 10.3 Å². The Morgan fingerprint density at radius 3 is 2.57 bits per heavy atom. The number of benzene rings is 1. The zero-order valence-electron chi connectivity index (χ0n) is 7.37. The van der Waals surface area contributed by atoms with Crippen molar-refractivity contribution in [3.63, 3.8) is 0 Å². The van der Waals surface area contributed by atoms with Gasteiger partial charge >= 0.3 is 0 Å². The largest absolute Gasteiger partial charge is 0.509 e. The molecule has 0 spiro atoms. The number of hydrogen-bond donors (Lipinski definition) is 2. The first-order chi connectivity index (χ1) is 6.75. The van der Waals surface area contributed by atoms with Crippen LogP contribution in [0.5, 0.6) is 0 Å². The van der Waals surface area contributed by atoms with Crippen LogP contribution < -0.4 is 5.32 Å². The smallest absolute Gasteiger partial charge is 0.133 e. The van der Waals surface area contributed by atoms with Gasteiger partial charge in [0.05, 0.1) is 12.7 Å². The fraction of sp³-hybridized carbons (Fsp3) is 0.100. The molecule has 2 rings (SSSR count). The molecule has 0 fully saturated rings. The average molecular weight is 192 g/mol. The summed E-state index contributed by atoms with van der Waals surface area (Å²) in [4.78, 5) is 3.98. The fourth-order valence-corrected chi connectivity index (χ4v) is 1.19. The molecule has 0 bridgehead atoms. The van der Waals surface area contributed by atoms with Crippen molar-refractivity contribution in [2.45, 2.75) is 0 Å². The number of aliphatic hydroxyl groups excluding tert-OH is 1. The second-order valence-corrected chi connectivity index (χ2v) is 2.96. The van der Waals surface area contributed by atoms with Gasteiger partial charge in [-0.25, -0.2) is 9.38 Å². The Morgan fingerprint density at radius 2 is 2.00 bits per heavy atom. The Hall–Kier alpha value is -1.84. The van der Waals surface area contributed by atoms with Crippen LogP contribution in [0, 0.1) is 5.82 Å². The Balaban J connectivity index is 2.28. The summed E-state index contributed by atoms with van der Waals surface area (Å²) in [6.45, 7) is 0.357. The van der Waals surface area contributed by atoms with Crippen molar-refractivity contribution in [2.75, 3.05) is 6.54 Å². The minimum atomic E-state index is -0.274. The third-order valence-electron chi connectivity index (χ3n) is 1.90. The van der Waals surface area contributed by atoms with E-state index in [1.807, 2.05) is 0 Å². The van der Waals surface area contributed by atoms with Gasteiger partial charge in [-0.3, -0.25) is 0 Å². The predicted molar refractivity (Wildman–Crippen MR) is 51.7 cm³/mol. The van der Waals surface area contributed by atoms with Crippen LogP contribution in [0.3, 0.4) is 0 Å². The van der Waals surface area contributed by atoms with Gasteiger partial charge in [-0.1, -0.05) is 0 Å². The van der Waals surface area contributed by atoms with Crippen LogP contribution in [0.25, 0.3) is 0 Å². The van der Waals surface area contributed by atoms with Crippen molar-refractivity contribution in [3.05, 3.63) is 47.6 Å². The quantitative estimate of drug-likeness (QED) is 0.709. The zero-order valence-corrected chi connectivity index (χ0v) is 7.37. The van der Waals surface area contributed by atoms with Crippen LogP contribution in [-0.2, 0) is 0 Å². The van der Waals surface area contributed by atoms with E-state index in [0.717, 1.165) is 5.56 Å². The lowest BCUT2D eigenvalue weighted by atomic mass is 10.2. The molecule has 1 aliphatic rings. The number of halogens is 1. The summed E-state index contributed by atoms with van der Waals surface area (Å²) in [6, 6.07) is 6.02. The molecular weight excluding hydrogens is 183 g/mol. The Kier molecular flexibility index (Phi) is 2.18. The van der Waals surface area contributed by atoms with E-state index in [1.165, 1.54) is 18.3 Å². The highest BCUT2D eigenvalue weighted by molar-refractivity contribution is 5.99. The summed E-state index contributed by atoms with van der Waals surface area (Å²) in [5, 5.41) is 12.0. The van der Waals surface area contributed by atoms with Gasteiger partial charge in [0.1, 0.15) is 17.4 Å². The van der Waals surface area contributed by atoms with Crippen molar-refractivity contribution >= 4 is 5.84 Å². The van der Waals surface area contributed by atoms with E-state index in [9.17, 15) is 4.39 Å². The summed E-state index contributed by atoms with van der Waals surface area (Å²) < 4.78 is 12.6. The number of amidine groups is 1. The second kappa shape index (κ2) is 3.49. The molecule has 1 heterocycles. The first kappa shape index (κ1) is 8.74. The van der Waals surface area contributed by atoms with Gasteiger partial charge in [-0.15, -0.1) is 0 Å². The van der Waals surface area contributed by atoms with Gasteiger partial charge in [-0.05, 0) is 24.3 Å². The van der Waals surface area contributed by atoms with Gasteiger partial charge in [0.2, 0.25) is 0 Å². The Morgan fingerprint density at radius 1 is 1.29 bits per heavy atom. The molecule has 2 N–H and O–H groups in total. The number of aliphatic imine (C=N–C) groups is 1. The molecule has 0 atom stereocenters. The van der Waals surface area contributed by atoms with Crippen LogP contribution in [0.2, 0.25) is 0 Å². The molecule has 4 heteroatoms. The SMILES string of the molecule is OC1=CN=C(c2ccc(F)cc2)NC1.